The molecule has 1 aromatic heterocycles. The minimum absolute atomic E-state index is 0.0438. The predicted molar refractivity (Wildman–Crippen MR) is 260 cm³/mol. The molecule has 3 heterocycles. The number of carboxylic acid groups (broad SMARTS) is 1. The second kappa shape index (κ2) is 22.3. The van der Waals surface area contributed by atoms with Crippen LogP contribution < -0.4 is 26.6 Å². The quantitative estimate of drug-likeness (QED) is 0.0251. The number of allylic oxidation sites excluding steroid dienone is 3. The molecule has 1 fully saturated rings. The van der Waals surface area contributed by atoms with Gasteiger partial charge in [-0.2, -0.15) is 8.62 Å². The van der Waals surface area contributed by atoms with Gasteiger partial charge >= 0.3 is 35.1 Å². The van der Waals surface area contributed by atoms with E-state index in [0.29, 0.717) is 30.2 Å². The number of anilines is 1. The van der Waals surface area contributed by atoms with E-state index in [1.807, 2.05) is 65.8 Å². The van der Waals surface area contributed by atoms with Gasteiger partial charge in [0.15, 0.2) is 0 Å². The van der Waals surface area contributed by atoms with Crippen LogP contribution in [0.15, 0.2) is 74.6 Å². The first-order valence-electron chi connectivity index (χ1n) is 21.5. The molecule has 8 N–H and O–H groups in total. The van der Waals surface area contributed by atoms with Crippen molar-refractivity contribution in [2.24, 2.45) is 10.9 Å². The molecule has 1 amide bonds. The van der Waals surface area contributed by atoms with Crippen LogP contribution >= 0.6 is 45.1 Å². The third-order valence-electron chi connectivity index (χ3n) is 11.0. The maximum atomic E-state index is 13.7. The fraction of sp³-hybridized carbons (Fsp3) is 0.452. The Bertz CT molecular complexity index is 2880. The standard InChI is InChI=1S/C42H54N5O18P3S2/c1-8-43-30-15-32-28(12-22(30)3)37(29-13-23(4)31(44-9-2)16-33(29)62-32)26-11-10-25(14-27(26)40(50)51)39(49)45-20-42(6,7)70-69-21-60-34-17-36(47-18-24(5)38(48)46-41(47)52)63-35(34)19-61-67(56,57)65-68(58,59)64-66(53,54)55/h10-16,18,28,34-37,44H,8-9,17,19-21H2,1-7H3,(H,45,49)(H,50,51)(H,56,57)(H,58,59)(H,46,48,52)(H2,53,54,55)/b43-30-/t28?,34?,35-,36-,37?/m1/s1. The second-order valence-electron chi connectivity index (χ2n) is 16.9. The molecule has 1 saturated heterocycles. The van der Waals surface area contributed by atoms with E-state index in [2.05, 4.69) is 29.2 Å². The molecule has 6 rings (SSSR count). The second-order valence-corrected chi connectivity index (χ2v) is 24.3. The maximum Gasteiger partial charge on any atom is 0.490 e. The lowest BCUT2D eigenvalue weighted by molar-refractivity contribution is -0.0543. The van der Waals surface area contributed by atoms with Gasteiger partial charge in [0.1, 0.15) is 29.8 Å². The number of phosphoric acid groups is 3. The third-order valence-corrected chi connectivity index (χ3v) is 17.8. The molecule has 382 valence electrons. The molecule has 2 aliphatic heterocycles. The summed E-state index contributed by atoms with van der Waals surface area (Å²) in [6.45, 7) is 13.5. The molecule has 2 aromatic carbocycles. The molecule has 23 nitrogen and oxygen atoms in total. The maximum absolute atomic E-state index is 13.7. The number of nitrogens with zero attached hydrogens (tertiary/aromatic N) is 2. The van der Waals surface area contributed by atoms with Crippen LogP contribution in [0.3, 0.4) is 0 Å². The van der Waals surface area contributed by atoms with E-state index in [0.717, 1.165) is 32.7 Å². The van der Waals surface area contributed by atoms with Crippen LogP contribution in [0.4, 0.5) is 5.69 Å². The minimum atomic E-state index is -5.81. The summed E-state index contributed by atoms with van der Waals surface area (Å²) >= 11 is 0. The number of carboxylic acids is 1. The van der Waals surface area contributed by atoms with Gasteiger partial charge in [0, 0.05) is 83.4 Å². The molecule has 0 bridgehead atoms. The Morgan fingerprint density at radius 1 is 1.00 bits per heavy atom. The number of aliphatic imine (C=N–C) groups is 1. The predicted octanol–water partition coefficient (Wildman–Crippen LogP) is 6.29. The van der Waals surface area contributed by atoms with Gasteiger partial charge in [0.2, 0.25) is 0 Å². The van der Waals surface area contributed by atoms with Crippen molar-refractivity contribution in [3.63, 3.8) is 0 Å². The van der Waals surface area contributed by atoms with Gasteiger partial charge in [-0.1, -0.05) is 33.7 Å². The van der Waals surface area contributed by atoms with Crippen molar-refractivity contribution in [1.29, 1.82) is 0 Å². The normalized spacial score (nSPS) is 22.4. The Labute approximate surface area is 409 Å². The van der Waals surface area contributed by atoms with Crippen molar-refractivity contribution >= 4 is 68.3 Å². The van der Waals surface area contributed by atoms with Crippen LogP contribution in [-0.2, 0) is 36.3 Å². The summed E-state index contributed by atoms with van der Waals surface area (Å²) in [5.74, 6) is -1.41. The molecule has 3 aliphatic rings. The summed E-state index contributed by atoms with van der Waals surface area (Å²) in [5, 5.41) is 16.9. The van der Waals surface area contributed by atoms with E-state index in [-0.39, 0.29) is 41.5 Å². The van der Waals surface area contributed by atoms with Gasteiger partial charge in [-0.25, -0.2) is 23.3 Å². The fourth-order valence-electron chi connectivity index (χ4n) is 7.93. The Kier molecular flexibility index (Phi) is 17.6. The summed E-state index contributed by atoms with van der Waals surface area (Å²) in [5.41, 5.74) is 3.63. The number of aromatic amines is 1. The van der Waals surface area contributed by atoms with Gasteiger partial charge in [-0.05, 0) is 83.4 Å². The van der Waals surface area contributed by atoms with Crippen LogP contribution in [0, 0.1) is 19.8 Å². The van der Waals surface area contributed by atoms with Crippen molar-refractivity contribution in [3.05, 3.63) is 114 Å². The number of nitrogens with one attached hydrogen (secondary N) is 3. The average Bonchev–Trinajstić information content (AvgIpc) is 3.66. The van der Waals surface area contributed by atoms with E-state index >= 15 is 0 Å². The first kappa shape index (κ1) is 55.2. The number of aryl methyl sites for hydroxylation is 2. The van der Waals surface area contributed by atoms with Crippen molar-refractivity contribution in [2.75, 3.05) is 37.5 Å². The number of carbonyl (C=O) groups is 2. The molecule has 0 spiro atoms. The molecular weight excluding hydrogens is 1020 g/mol. The highest BCUT2D eigenvalue weighted by Gasteiger charge is 2.44. The van der Waals surface area contributed by atoms with Crippen molar-refractivity contribution < 1.29 is 75.3 Å². The smallest absolute Gasteiger partial charge is 0.478 e. The van der Waals surface area contributed by atoms with Crippen LogP contribution in [0.2, 0.25) is 0 Å². The largest absolute Gasteiger partial charge is 0.490 e. The van der Waals surface area contributed by atoms with Crippen molar-refractivity contribution in [1.82, 2.24) is 14.9 Å². The first-order valence-corrected chi connectivity index (χ1v) is 28.4. The highest BCUT2D eigenvalue weighted by atomic mass is 33.1. The van der Waals surface area contributed by atoms with Crippen molar-refractivity contribution in [3.8, 4) is 5.75 Å². The lowest BCUT2D eigenvalue weighted by Crippen LogP contribution is -2.36. The monoisotopic (exact) mass is 1070 g/mol. The third kappa shape index (κ3) is 13.9. The number of phosphoric ester groups is 1. The number of carbonyl (C=O) groups excluding carboxylic acids is 1. The Hall–Kier alpha value is -4.16. The zero-order valence-electron chi connectivity index (χ0n) is 38.8. The Morgan fingerprint density at radius 2 is 1.73 bits per heavy atom. The van der Waals surface area contributed by atoms with Crippen molar-refractivity contribution in [2.45, 2.75) is 84.0 Å². The topological polar surface area (TPSA) is 333 Å². The molecule has 7 atom stereocenters. The van der Waals surface area contributed by atoms with Crippen LogP contribution in [0.1, 0.15) is 96.2 Å². The van der Waals surface area contributed by atoms with E-state index in [1.165, 1.54) is 40.8 Å². The Morgan fingerprint density at radius 3 is 2.40 bits per heavy atom. The molecule has 5 unspecified atom stereocenters. The van der Waals surface area contributed by atoms with Crippen LogP contribution in [-0.4, -0.2) is 101 Å². The number of hydrogen-bond donors (Lipinski definition) is 8. The molecule has 3 aromatic rings. The molecule has 0 radical (unpaired) electrons. The van der Waals surface area contributed by atoms with E-state index in [1.54, 1.807) is 12.1 Å². The summed E-state index contributed by atoms with van der Waals surface area (Å²) in [4.78, 5) is 95.5. The number of ether oxygens (including phenoxy) is 3. The lowest BCUT2D eigenvalue weighted by atomic mass is 9.73. The highest BCUT2D eigenvalue weighted by molar-refractivity contribution is 8.77. The number of aromatic carboxylic acids is 1. The van der Waals surface area contributed by atoms with Gasteiger partial charge < -0.3 is 49.5 Å². The van der Waals surface area contributed by atoms with Gasteiger partial charge in [0.05, 0.1) is 24.0 Å². The van der Waals surface area contributed by atoms with Gasteiger partial charge in [-0.15, -0.1) is 0 Å². The summed E-state index contributed by atoms with van der Waals surface area (Å²) < 4.78 is 66.6. The van der Waals surface area contributed by atoms with Crippen LogP contribution in [0.5, 0.6) is 5.75 Å². The van der Waals surface area contributed by atoms with E-state index in [9.17, 15) is 47.8 Å². The highest BCUT2D eigenvalue weighted by Crippen LogP contribution is 2.66. The number of rotatable bonds is 21. The Balaban J connectivity index is 1.13. The summed E-state index contributed by atoms with van der Waals surface area (Å²) in [6, 6.07) is 8.58. The zero-order chi connectivity index (χ0) is 51.5. The minimum Gasteiger partial charge on any atom is -0.478 e. The molecule has 70 heavy (non-hydrogen) atoms. The molecular formula is C42H54N5O18P3S2. The van der Waals surface area contributed by atoms with Gasteiger partial charge in [0.25, 0.3) is 11.5 Å². The fourth-order valence-corrected chi connectivity index (χ4v) is 13.1. The van der Waals surface area contributed by atoms with Gasteiger partial charge in [-0.3, -0.25) is 28.7 Å². The lowest BCUT2D eigenvalue weighted by Gasteiger charge is -2.37. The van der Waals surface area contributed by atoms with E-state index < -0.39 is 82.3 Å². The average molecular weight is 1070 g/mol. The number of H-pyrrole nitrogens is 1. The number of amides is 1. The number of fused-ring (bicyclic) bond motifs is 2. The molecule has 1 aliphatic carbocycles. The first-order chi connectivity index (χ1) is 32.7. The van der Waals surface area contributed by atoms with Crippen LogP contribution in [0.25, 0.3) is 0 Å². The molecule has 28 heteroatoms. The summed E-state index contributed by atoms with van der Waals surface area (Å²) in [7, 11) is -14.5. The number of aromatic nitrogens is 2. The number of hydrogen-bond acceptors (Lipinski definition) is 17. The zero-order valence-corrected chi connectivity index (χ0v) is 43.2. The molecule has 0 saturated carbocycles. The number of benzene rings is 2. The SMILES string of the molecule is CC/N=C1/C=C2Oc3cc(NCC)c(C)cc3C(c3ccc(C(=O)NCC(C)(C)SSCOC4C[C@H](n5cc(C)c(=O)[nH]c5=O)O[C@@H]4COP(=O)(O)OP(=O)(O)OP(=O)(O)O)cc3C(=O)O)C2C=C1C. The van der Waals surface area contributed by atoms with E-state index in [4.69, 9.17) is 28.5 Å². The summed E-state index contributed by atoms with van der Waals surface area (Å²) in [6.07, 6.45) is 1.77.